The van der Waals surface area contributed by atoms with Gasteiger partial charge in [0.1, 0.15) is 5.60 Å². The smallest absolute Gasteiger partial charge is 0.412 e. The maximum Gasteiger partial charge on any atom is 0.412 e. The highest BCUT2D eigenvalue weighted by molar-refractivity contribution is 5.86. The first-order chi connectivity index (χ1) is 8.33. The Morgan fingerprint density at radius 2 is 2.06 bits per heavy atom. The second kappa shape index (κ2) is 5.84. The fourth-order valence-corrected chi connectivity index (χ4v) is 1.45. The first kappa shape index (κ1) is 14.5. The van der Waals surface area contributed by atoms with Gasteiger partial charge in [-0.15, -0.1) is 0 Å². The fourth-order valence-electron chi connectivity index (χ4n) is 1.45. The van der Waals surface area contributed by atoms with Crippen LogP contribution in [0.25, 0.3) is 0 Å². The van der Waals surface area contributed by atoms with Crippen LogP contribution in [0.4, 0.5) is 10.5 Å². The molecule has 5 nitrogen and oxygen atoms in total. The van der Waals surface area contributed by atoms with Gasteiger partial charge in [-0.2, -0.15) is 0 Å². The summed E-state index contributed by atoms with van der Waals surface area (Å²) < 4.78 is 5.16. The van der Waals surface area contributed by atoms with Crippen LogP contribution in [0, 0.1) is 0 Å². The first-order valence-electron chi connectivity index (χ1n) is 5.79. The van der Waals surface area contributed by atoms with Gasteiger partial charge in [-0.3, -0.25) is 5.32 Å². The monoisotopic (exact) mass is 252 g/mol. The van der Waals surface area contributed by atoms with Crippen molar-refractivity contribution in [1.82, 2.24) is 0 Å². The van der Waals surface area contributed by atoms with Crippen LogP contribution in [0.15, 0.2) is 24.3 Å². The summed E-state index contributed by atoms with van der Waals surface area (Å²) in [6.07, 6.45) is -0.542. The fraction of sp³-hybridized carbons (Fsp3) is 0.462. The van der Waals surface area contributed by atoms with Crippen molar-refractivity contribution in [3.63, 3.8) is 0 Å². The molecule has 0 aliphatic rings. The number of aliphatic hydroxyl groups is 1. The minimum absolute atomic E-state index is 0.187. The Balaban J connectivity index is 2.81. The number of amides is 1. The molecule has 18 heavy (non-hydrogen) atoms. The number of ether oxygens (including phenoxy) is 1. The summed E-state index contributed by atoms with van der Waals surface area (Å²) >= 11 is 0. The van der Waals surface area contributed by atoms with Crippen LogP contribution < -0.4 is 11.1 Å². The zero-order valence-electron chi connectivity index (χ0n) is 10.9. The topological polar surface area (TPSA) is 84.6 Å². The molecule has 0 aliphatic carbocycles. The quantitative estimate of drug-likeness (QED) is 0.768. The molecule has 0 unspecified atom stereocenters. The highest BCUT2D eigenvalue weighted by Crippen LogP contribution is 2.21. The van der Waals surface area contributed by atoms with Gasteiger partial charge in [-0.1, -0.05) is 18.2 Å². The van der Waals surface area contributed by atoms with Gasteiger partial charge in [-0.25, -0.2) is 4.79 Å². The third-order valence-electron chi connectivity index (χ3n) is 2.19. The number of para-hydroxylation sites is 1. The molecule has 0 saturated carbocycles. The van der Waals surface area contributed by atoms with Crippen molar-refractivity contribution >= 4 is 11.8 Å². The molecule has 0 spiro atoms. The summed E-state index contributed by atoms with van der Waals surface area (Å²) in [5, 5.41) is 11.7. The lowest BCUT2D eigenvalue weighted by molar-refractivity contribution is 0.0635. The maximum absolute atomic E-state index is 11.7. The van der Waals surface area contributed by atoms with E-state index in [4.69, 9.17) is 15.6 Å². The molecule has 4 N–H and O–H groups in total. The predicted octanol–water partition coefficient (Wildman–Crippen LogP) is 2.03. The third kappa shape index (κ3) is 4.35. The van der Waals surface area contributed by atoms with Gasteiger partial charge in [-0.05, 0) is 32.4 Å². The molecule has 1 atom stereocenters. The molecule has 5 heteroatoms. The Labute approximate surface area is 107 Å². The van der Waals surface area contributed by atoms with E-state index < -0.39 is 17.7 Å². The molecule has 0 radical (unpaired) electrons. The largest absolute Gasteiger partial charge is 0.444 e. The number of carbonyl (C=O) groups is 1. The van der Waals surface area contributed by atoms with Crippen molar-refractivity contribution < 1.29 is 14.6 Å². The average molecular weight is 252 g/mol. The second-order valence-electron chi connectivity index (χ2n) is 5.00. The zero-order valence-corrected chi connectivity index (χ0v) is 10.9. The summed E-state index contributed by atoms with van der Waals surface area (Å²) in [7, 11) is 0. The Morgan fingerprint density at radius 1 is 1.44 bits per heavy atom. The van der Waals surface area contributed by atoms with Crippen molar-refractivity contribution in [1.29, 1.82) is 0 Å². The van der Waals surface area contributed by atoms with E-state index in [0.717, 1.165) is 0 Å². The van der Waals surface area contributed by atoms with Gasteiger partial charge < -0.3 is 15.6 Å². The number of nitrogens with two attached hydrogens (primary N) is 1. The number of carbonyl (C=O) groups excluding carboxylic acids is 1. The highest BCUT2D eigenvalue weighted by atomic mass is 16.6. The molecule has 0 fully saturated rings. The van der Waals surface area contributed by atoms with E-state index in [9.17, 15) is 4.79 Å². The van der Waals surface area contributed by atoms with Crippen molar-refractivity contribution in [2.75, 3.05) is 11.9 Å². The van der Waals surface area contributed by atoms with Crippen LogP contribution in [0.2, 0.25) is 0 Å². The van der Waals surface area contributed by atoms with Crippen molar-refractivity contribution in [2.24, 2.45) is 5.73 Å². The van der Waals surface area contributed by atoms with E-state index >= 15 is 0 Å². The summed E-state index contributed by atoms with van der Waals surface area (Å²) in [6.45, 7) is 5.18. The number of nitrogens with one attached hydrogen (secondary N) is 1. The molecule has 0 bridgehead atoms. The number of hydrogen-bond donors (Lipinski definition) is 3. The maximum atomic E-state index is 11.7. The van der Waals surface area contributed by atoms with Crippen molar-refractivity contribution in [3.8, 4) is 0 Å². The molecule has 0 aromatic heterocycles. The first-order valence-corrected chi connectivity index (χ1v) is 5.79. The van der Waals surface area contributed by atoms with Crippen LogP contribution >= 0.6 is 0 Å². The molecule has 0 aliphatic heterocycles. The number of hydrogen-bond acceptors (Lipinski definition) is 4. The summed E-state index contributed by atoms with van der Waals surface area (Å²) in [5.41, 5.74) is 6.42. The molecule has 0 heterocycles. The van der Waals surface area contributed by atoms with Crippen molar-refractivity contribution in [2.45, 2.75) is 32.4 Å². The Morgan fingerprint density at radius 3 is 2.61 bits per heavy atom. The zero-order chi connectivity index (χ0) is 13.8. The van der Waals surface area contributed by atoms with Gasteiger partial charge in [0.05, 0.1) is 12.6 Å². The third-order valence-corrected chi connectivity index (χ3v) is 2.19. The molecule has 0 saturated heterocycles. The minimum atomic E-state index is -0.557. The van der Waals surface area contributed by atoms with Gasteiger partial charge in [0, 0.05) is 5.69 Å². The van der Waals surface area contributed by atoms with Gasteiger partial charge >= 0.3 is 6.09 Å². The van der Waals surface area contributed by atoms with E-state index in [0.29, 0.717) is 11.3 Å². The SMILES string of the molecule is CC(C)(C)OC(=O)Nc1ccccc1[C@H](N)CO. The number of rotatable bonds is 3. The van der Waals surface area contributed by atoms with Crippen LogP contribution in [0.3, 0.4) is 0 Å². The summed E-state index contributed by atoms with van der Waals surface area (Å²) in [4.78, 5) is 11.7. The van der Waals surface area contributed by atoms with E-state index in [1.165, 1.54) is 0 Å². The van der Waals surface area contributed by atoms with E-state index in [1.54, 1.807) is 45.0 Å². The molecule has 1 aromatic rings. The second-order valence-corrected chi connectivity index (χ2v) is 5.00. The molecule has 1 aromatic carbocycles. The van der Waals surface area contributed by atoms with Gasteiger partial charge in [0.25, 0.3) is 0 Å². The number of benzene rings is 1. The van der Waals surface area contributed by atoms with Crippen LogP contribution in [0.5, 0.6) is 0 Å². The molecule has 1 amide bonds. The molecular weight excluding hydrogens is 232 g/mol. The lowest BCUT2D eigenvalue weighted by Crippen LogP contribution is -2.28. The van der Waals surface area contributed by atoms with Gasteiger partial charge in [0.2, 0.25) is 0 Å². The summed E-state index contributed by atoms with van der Waals surface area (Å²) in [5.74, 6) is 0. The lowest BCUT2D eigenvalue weighted by atomic mass is 10.1. The Bertz CT molecular complexity index is 413. The normalized spacial score (nSPS) is 12.9. The summed E-state index contributed by atoms with van der Waals surface area (Å²) in [6, 6.07) is 6.52. The highest BCUT2D eigenvalue weighted by Gasteiger charge is 2.18. The Hall–Kier alpha value is -1.59. The molecule has 1 rings (SSSR count). The van der Waals surface area contributed by atoms with E-state index in [-0.39, 0.29) is 6.61 Å². The van der Waals surface area contributed by atoms with Gasteiger partial charge in [0.15, 0.2) is 0 Å². The molecular formula is C13H20N2O3. The molecule has 100 valence electrons. The van der Waals surface area contributed by atoms with E-state index in [2.05, 4.69) is 5.32 Å². The Kier molecular flexibility index (Phi) is 4.69. The minimum Gasteiger partial charge on any atom is -0.444 e. The standard InChI is InChI=1S/C13H20N2O3/c1-13(2,3)18-12(17)15-11-7-5-4-6-9(11)10(14)8-16/h4-7,10,16H,8,14H2,1-3H3,(H,15,17)/t10-/m1/s1. The van der Waals surface area contributed by atoms with Crippen LogP contribution in [0.1, 0.15) is 32.4 Å². The number of aliphatic hydroxyl groups excluding tert-OH is 1. The number of anilines is 1. The lowest BCUT2D eigenvalue weighted by Gasteiger charge is -2.21. The average Bonchev–Trinajstić information content (AvgIpc) is 2.26. The predicted molar refractivity (Wildman–Crippen MR) is 70.3 cm³/mol. The van der Waals surface area contributed by atoms with E-state index in [1.807, 2.05) is 0 Å². The van der Waals surface area contributed by atoms with Crippen LogP contribution in [-0.4, -0.2) is 23.4 Å². The van der Waals surface area contributed by atoms with Crippen LogP contribution in [-0.2, 0) is 4.74 Å². The van der Waals surface area contributed by atoms with Crippen molar-refractivity contribution in [3.05, 3.63) is 29.8 Å².